The van der Waals surface area contributed by atoms with E-state index in [-0.39, 0.29) is 17.9 Å². The van der Waals surface area contributed by atoms with E-state index in [0.717, 1.165) is 36.6 Å². The Hall–Kier alpha value is -2.70. The van der Waals surface area contributed by atoms with Gasteiger partial charge < -0.3 is 24.3 Å². The molecule has 1 saturated carbocycles. The summed E-state index contributed by atoms with van der Waals surface area (Å²) < 4.78 is 13.1. The Morgan fingerprint density at radius 1 is 1.19 bits per heavy atom. The lowest BCUT2D eigenvalue weighted by atomic mass is 9.85. The molecule has 1 aromatic carbocycles. The number of nitrogens with zero attached hydrogens (tertiary/aromatic N) is 2. The van der Waals surface area contributed by atoms with Gasteiger partial charge in [-0.25, -0.2) is 0 Å². The second-order valence-electron chi connectivity index (χ2n) is 9.42. The first-order valence-corrected chi connectivity index (χ1v) is 11.7. The molecule has 32 heavy (non-hydrogen) atoms. The number of carbonyl (C=O) groups is 2. The molecular formula is C25H35N3O4. The zero-order chi connectivity index (χ0) is 23.0. The second-order valence-corrected chi connectivity index (χ2v) is 9.42. The third-order valence-electron chi connectivity index (χ3n) is 7.31. The molecule has 2 aromatic rings. The van der Waals surface area contributed by atoms with Gasteiger partial charge in [0.15, 0.2) is 0 Å². The minimum Gasteiger partial charge on any atom is -0.496 e. The average Bonchev–Trinajstić information content (AvgIpc) is 3.17. The molecule has 7 heteroatoms. The number of nitrogens with one attached hydrogen (secondary N) is 1. The molecule has 0 unspecified atom stereocenters. The molecule has 1 N–H and O–H groups in total. The molecule has 0 radical (unpaired) electrons. The number of methoxy groups -OCH3 is 2. The molecule has 7 nitrogen and oxygen atoms in total. The highest BCUT2D eigenvalue weighted by atomic mass is 16.5. The Labute approximate surface area is 190 Å². The maximum Gasteiger partial charge on any atom is 0.271 e. The fourth-order valence-electron chi connectivity index (χ4n) is 5.38. The van der Waals surface area contributed by atoms with E-state index < -0.39 is 5.54 Å². The van der Waals surface area contributed by atoms with Crippen molar-refractivity contribution in [2.24, 2.45) is 5.92 Å². The van der Waals surface area contributed by atoms with Crippen LogP contribution in [0.1, 0.15) is 63.4 Å². The largest absolute Gasteiger partial charge is 0.496 e. The van der Waals surface area contributed by atoms with Crippen molar-refractivity contribution in [1.82, 2.24) is 14.8 Å². The minimum absolute atomic E-state index is 0.0765. The van der Waals surface area contributed by atoms with E-state index in [4.69, 9.17) is 9.47 Å². The van der Waals surface area contributed by atoms with E-state index >= 15 is 0 Å². The molecule has 174 valence electrons. The van der Waals surface area contributed by atoms with Crippen LogP contribution in [0.4, 0.5) is 0 Å². The summed E-state index contributed by atoms with van der Waals surface area (Å²) in [7, 11) is 3.23. The predicted molar refractivity (Wildman–Crippen MR) is 124 cm³/mol. The van der Waals surface area contributed by atoms with E-state index in [1.807, 2.05) is 36.6 Å². The van der Waals surface area contributed by atoms with Crippen molar-refractivity contribution in [3.05, 3.63) is 23.9 Å². The van der Waals surface area contributed by atoms with Crippen molar-refractivity contribution in [2.45, 2.75) is 71.0 Å². The lowest BCUT2D eigenvalue weighted by Gasteiger charge is -2.45. The zero-order valence-corrected chi connectivity index (χ0v) is 19.9. The standard InChI is InChI=1S/C25H35N3O4/c1-6-13-28-23(29)19-14-17-20(31-4)11-12-21(32-5)22(17)27(19)15-25(28,3)24(30)26-18-10-8-7-9-16(18)2/h11-12,14,16,18H,6-10,13,15H2,1-5H3,(H,26,30)/t16-,18-,25-/m1/s1. The molecule has 1 aromatic heterocycles. The fraction of sp³-hybridized carbons (Fsp3) is 0.600. The first kappa shape index (κ1) is 22.5. The van der Waals surface area contributed by atoms with Crippen LogP contribution in [0.2, 0.25) is 0 Å². The van der Waals surface area contributed by atoms with Crippen LogP contribution in [0.25, 0.3) is 10.9 Å². The number of rotatable bonds is 6. The maximum atomic E-state index is 13.7. The molecule has 3 atom stereocenters. The van der Waals surface area contributed by atoms with Gasteiger partial charge in [0, 0.05) is 18.0 Å². The van der Waals surface area contributed by atoms with E-state index in [2.05, 4.69) is 12.2 Å². The molecule has 1 aliphatic heterocycles. The van der Waals surface area contributed by atoms with Crippen molar-refractivity contribution in [2.75, 3.05) is 20.8 Å². The van der Waals surface area contributed by atoms with Gasteiger partial charge in [-0.1, -0.05) is 26.7 Å². The van der Waals surface area contributed by atoms with Crippen LogP contribution in [-0.2, 0) is 11.3 Å². The van der Waals surface area contributed by atoms with Gasteiger partial charge in [0.05, 0.1) is 26.3 Å². The predicted octanol–water partition coefficient (Wildman–Crippen LogP) is 3.98. The summed E-state index contributed by atoms with van der Waals surface area (Å²) in [6, 6.07) is 5.71. The molecule has 2 heterocycles. The van der Waals surface area contributed by atoms with Gasteiger partial charge in [-0.2, -0.15) is 0 Å². The molecule has 1 aliphatic carbocycles. The number of aromatic nitrogens is 1. The average molecular weight is 442 g/mol. The highest BCUT2D eigenvalue weighted by molar-refractivity contribution is 6.05. The van der Waals surface area contributed by atoms with Gasteiger partial charge in [-0.3, -0.25) is 9.59 Å². The third-order valence-corrected chi connectivity index (χ3v) is 7.31. The summed E-state index contributed by atoms with van der Waals surface area (Å²) in [5, 5.41) is 4.12. The van der Waals surface area contributed by atoms with Crippen LogP contribution in [0, 0.1) is 5.92 Å². The third kappa shape index (κ3) is 3.51. The molecule has 4 rings (SSSR count). The molecule has 2 amide bonds. The molecular weight excluding hydrogens is 406 g/mol. The summed E-state index contributed by atoms with van der Waals surface area (Å²) in [5.41, 5.74) is 0.362. The van der Waals surface area contributed by atoms with Crippen LogP contribution >= 0.6 is 0 Å². The van der Waals surface area contributed by atoms with Crippen molar-refractivity contribution in [3.63, 3.8) is 0 Å². The van der Waals surface area contributed by atoms with E-state index in [0.29, 0.717) is 36.2 Å². The number of fused-ring (bicyclic) bond motifs is 3. The first-order chi connectivity index (χ1) is 15.3. The van der Waals surface area contributed by atoms with Gasteiger partial charge in [-0.15, -0.1) is 0 Å². The number of amides is 2. The van der Waals surface area contributed by atoms with Crippen molar-refractivity contribution >= 4 is 22.7 Å². The van der Waals surface area contributed by atoms with E-state index in [1.165, 1.54) is 6.42 Å². The Morgan fingerprint density at radius 3 is 2.53 bits per heavy atom. The maximum absolute atomic E-state index is 13.7. The van der Waals surface area contributed by atoms with E-state index in [9.17, 15) is 9.59 Å². The SMILES string of the molecule is CCCN1C(=O)c2cc3c(OC)ccc(OC)c3n2C[C@]1(C)C(=O)N[C@@H]1CCCC[C@H]1C. The normalized spacial score (nSPS) is 25.5. The summed E-state index contributed by atoms with van der Waals surface area (Å²) in [6.07, 6.45) is 5.25. The Morgan fingerprint density at radius 2 is 1.88 bits per heavy atom. The molecule has 1 fully saturated rings. The number of ether oxygens (including phenoxy) is 2. The lowest BCUT2D eigenvalue weighted by Crippen LogP contribution is -2.65. The van der Waals surface area contributed by atoms with Gasteiger partial charge in [0.2, 0.25) is 5.91 Å². The minimum atomic E-state index is -0.989. The smallest absolute Gasteiger partial charge is 0.271 e. The number of hydrogen-bond acceptors (Lipinski definition) is 4. The molecule has 0 saturated heterocycles. The van der Waals surface area contributed by atoms with Crippen molar-refractivity contribution < 1.29 is 19.1 Å². The number of hydrogen-bond donors (Lipinski definition) is 1. The summed E-state index contributed by atoms with van der Waals surface area (Å²) in [6.45, 7) is 7.03. The monoisotopic (exact) mass is 441 g/mol. The van der Waals surface area contributed by atoms with Crippen molar-refractivity contribution in [3.8, 4) is 11.5 Å². The summed E-state index contributed by atoms with van der Waals surface area (Å²) in [4.78, 5) is 29.2. The second kappa shape index (κ2) is 8.68. The van der Waals surface area contributed by atoms with Gasteiger partial charge >= 0.3 is 0 Å². The Bertz CT molecular complexity index is 1030. The number of benzene rings is 1. The Balaban J connectivity index is 1.80. The van der Waals surface area contributed by atoms with Crippen LogP contribution in [0.5, 0.6) is 11.5 Å². The van der Waals surface area contributed by atoms with Gasteiger partial charge in [0.1, 0.15) is 22.7 Å². The molecule has 0 bridgehead atoms. The highest BCUT2D eigenvalue weighted by Crippen LogP contribution is 2.40. The number of carbonyl (C=O) groups excluding carboxylic acids is 2. The van der Waals surface area contributed by atoms with Crippen molar-refractivity contribution in [1.29, 1.82) is 0 Å². The summed E-state index contributed by atoms with van der Waals surface area (Å²) in [5.74, 6) is 1.58. The first-order valence-electron chi connectivity index (χ1n) is 11.7. The zero-order valence-electron chi connectivity index (χ0n) is 19.9. The van der Waals surface area contributed by atoms with Gasteiger partial charge in [-0.05, 0) is 50.3 Å². The lowest BCUT2D eigenvalue weighted by molar-refractivity contribution is -0.134. The highest BCUT2D eigenvalue weighted by Gasteiger charge is 2.48. The van der Waals surface area contributed by atoms with E-state index in [1.54, 1.807) is 19.1 Å². The summed E-state index contributed by atoms with van der Waals surface area (Å²) >= 11 is 0. The van der Waals surface area contributed by atoms with Gasteiger partial charge in [0.25, 0.3) is 5.91 Å². The van der Waals surface area contributed by atoms with Crippen LogP contribution < -0.4 is 14.8 Å². The fourth-order valence-corrected chi connectivity index (χ4v) is 5.38. The quantitative estimate of drug-likeness (QED) is 0.736. The molecule has 0 spiro atoms. The Kier molecular flexibility index (Phi) is 6.10. The van der Waals surface area contributed by atoms with Crippen LogP contribution in [0.3, 0.4) is 0 Å². The van der Waals surface area contributed by atoms with Crippen LogP contribution in [0.15, 0.2) is 18.2 Å². The topological polar surface area (TPSA) is 72.8 Å². The molecule has 2 aliphatic rings. The van der Waals surface area contributed by atoms with Crippen LogP contribution in [-0.4, -0.2) is 53.6 Å².